The Bertz CT molecular complexity index is 3160. The van der Waals surface area contributed by atoms with E-state index in [-0.39, 0.29) is 27.8 Å². The van der Waals surface area contributed by atoms with Gasteiger partial charge in [0.25, 0.3) is 21.8 Å². The molecule has 2 aromatic heterocycles. The molecule has 22 heteroatoms. The molecule has 7 aromatic rings. The van der Waals surface area contributed by atoms with Crippen molar-refractivity contribution in [3.8, 4) is 34.5 Å². The lowest BCUT2D eigenvalue weighted by molar-refractivity contribution is -0.136. The Morgan fingerprint density at radius 1 is 0.554 bits per heavy atom. The van der Waals surface area contributed by atoms with E-state index in [1.165, 1.54) is 36.7 Å². The Labute approximate surface area is 369 Å². The van der Waals surface area contributed by atoms with E-state index in [4.69, 9.17) is 19.7 Å². The van der Waals surface area contributed by atoms with Crippen LogP contribution < -0.4 is 29.6 Å². The average Bonchev–Trinajstić information content (AvgIpc) is 3.26. The molecule has 0 aliphatic carbocycles. The number of benzene rings is 5. The number of aliphatic carboxylic acids is 2. The highest BCUT2D eigenvalue weighted by Gasteiger charge is 2.19. The van der Waals surface area contributed by atoms with Crippen molar-refractivity contribution in [2.24, 2.45) is 0 Å². The fourth-order valence-corrected chi connectivity index (χ4v) is 7.44. The van der Waals surface area contributed by atoms with Crippen molar-refractivity contribution in [3.63, 3.8) is 0 Å². The molecule has 5 aromatic carbocycles. The highest BCUT2D eigenvalue weighted by Crippen LogP contribution is 2.34. The second kappa shape index (κ2) is 19.7. The van der Waals surface area contributed by atoms with E-state index in [2.05, 4.69) is 30.0 Å². The van der Waals surface area contributed by atoms with Crippen LogP contribution in [0.4, 0.5) is 11.4 Å². The fourth-order valence-electron chi connectivity index (χ4n) is 5.79. The van der Waals surface area contributed by atoms with Crippen LogP contribution in [-0.4, -0.2) is 90.3 Å². The van der Waals surface area contributed by atoms with Gasteiger partial charge in [0, 0.05) is 45.3 Å². The lowest BCUT2D eigenvalue weighted by atomic mass is 10.1. The monoisotopic (exact) mass is 924 g/mol. The molecule has 2 heterocycles. The van der Waals surface area contributed by atoms with Crippen LogP contribution >= 0.6 is 0 Å². The highest BCUT2D eigenvalue weighted by atomic mass is 32.2. The van der Waals surface area contributed by atoms with Gasteiger partial charge in [0.05, 0.1) is 11.2 Å². The van der Waals surface area contributed by atoms with Gasteiger partial charge in [-0.3, -0.25) is 28.6 Å². The molecule has 0 aliphatic rings. The van der Waals surface area contributed by atoms with Crippen LogP contribution in [0.2, 0.25) is 0 Å². The van der Waals surface area contributed by atoms with Gasteiger partial charge in [0.1, 0.15) is 36.1 Å². The van der Waals surface area contributed by atoms with Crippen LogP contribution in [0.15, 0.2) is 133 Å². The Kier molecular flexibility index (Phi) is 13.9. The minimum Gasteiger partial charge on any atom is -0.505 e. The number of pyridine rings is 2. The van der Waals surface area contributed by atoms with E-state index in [0.29, 0.717) is 55.9 Å². The molecule has 0 radical (unpaired) electrons. The molecule has 20 nitrogen and oxygen atoms in total. The molecule has 0 fully saturated rings. The van der Waals surface area contributed by atoms with Gasteiger partial charge in [0.2, 0.25) is 10.0 Å². The Morgan fingerprint density at radius 2 is 0.954 bits per heavy atom. The third-order valence-corrected chi connectivity index (χ3v) is 10.7. The number of rotatable bonds is 15. The number of hydrogen-bond acceptors (Lipinski definition) is 14. The molecule has 0 saturated heterocycles. The summed E-state index contributed by atoms with van der Waals surface area (Å²) in [6, 6.07) is 30.0. The first kappa shape index (κ1) is 46.0. The number of aromatic hydroxyl groups is 2. The first-order chi connectivity index (χ1) is 30.8. The number of carboxylic acids is 2. The summed E-state index contributed by atoms with van der Waals surface area (Å²) in [6.07, 6.45) is 3.77. The molecule has 334 valence electrons. The van der Waals surface area contributed by atoms with Crippen molar-refractivity contribution in [3.05, 3.63) is 139 Å². The van der Waals surface area contributed by atoms with Gasteiger partial charge < -0.3 is 40.5 Å². The zero-order valence-electron chi connectivity index (χ0n) is 33.6. The van der Waals surface area contributed by atoms with Gasteiger partial charge in [-0.2, -0.15) is 0 Å². The molecule has 0 saturated carbocycles. The normalized spacial score (nSPS) is 11.1. The number of anilines is 2. The minimum absolute atomic E-state index is 0.149. The number of hydrogen-bond donors (Lipinski definition) is 8. The van der Waals surface area contributed by atoms with Crippen LogP contribution in [0.5, 0.6) is 34.5 Å². The van der Waals surface area contributed by atoms with Gasteiger partial charge in [-0.05, 0) is 97.1 Å². The average molecular weight is 925 g/mol. The number of sulfonamides is 2. The van der Waals surface area contributed by atoms with E-state index in [9.17, 15) is 46.2 Å². The van der Waals surface area contributed by atoms with E-state index in [1.54, 1.807) is 91.0 Å². The van der Waals surface area contributed by atoms with Gasteiger partial charge in [-0.1, -0.05) is 18.2 Å². The molecule has 0 unspecified atom stereocenters. The third-order valence-electron chi connectivity index (χ3n) is 8.69. The van der Waals surface area contributed by atoms with Crippen molar-refractivity contribution in [1.82, 2.24) is 20.6 Å². The number of aromatic nitrogens is 2. The SMILES string of the molecule is CS(=O)(=O)Nc1ccc(Oc2ccc3c(O)c(C(=O)NCC(=O)O)ncc3c2)cc1.O=C(O)CNC(=O)c1ncc2cc(Oc3ccc(NS(=O)(=O)c4ccccc4)cc3)ccc2c1O. The number of nitrogens with zero attached hydrogens (tertiary/aromatic N) is 2. The minimum atomic E-state index is -3.71. The Morgan fingerprint density at radius 3 is 1.35 bits per heavy atom. The molecule has 0 spiro atoms. The summed E-state index contributed by atoms with van der Waals surface area (Å²) in [6.45, 7) is -1.19. The molecular weight excluding hydrogens is 889 g/mol. The number of carbonyl (C=O) groups excluding carboxylic acids is 2. The zero-order valence-corrected chi connectivity index (χ0v) is 35.3. The number of ether oxygens (including phenoxy) is 2. The summed E-state index contributed by atoms with van der Waals surface area (Å²) in [5.41, 5.74) is 0.182. The molecule has 8 N–H and O–H groups in total. The molecule has 65 heavy (non-hydrogen) atoms. The highest BCUT2D eigenvalue weighted by molar-refractivity contribution is 7.92. The Hall–Kier alpha value is -8.50. The van der Waals surface area contributed by atoms with Crippen molar-refractivity contribution < 1.29 is 65.9 Å². The summed E-state index contributed by atoms with van der Waals surface area (Å²) in [4.78, 5) is 53.2. The predicted molar refractivity (Wildman–Crippen MR) is 236 cm³/mol. The second-order valence-corrected chi connectivity index (χ2v) is 17.0. The van der Waals surface area contributed by atoms with Crippen LogP contribution in [0.25, 0.3) is 21.5 Å². The maximum absolute atomic E-state index is 12.4. The van der Waals surface area contributed by atoms with Crippen molar-refractivity contribution in [1.29, 1.82) is 0 Å². The topological polar surface area (TPSA) is 310 Å². The number of amides is 2. The molecule has 0 bridgehead atoms. The third kappa shape index (κ3) is 12.3. The van der Waals surface area contributed by atoms with Crippen LogP contribution in [0.1, 0.15) is 21.0 Å². The van der Waals surface area contributed by atoms with Crippen molar-refractivity contribution in [2.45, 2.75) is 4.90 Å². The van der Waals surface area contributed by atoms with Crippen LogP contribution in [-0.2, 0) is 29.6 Å². The smallest absolute Gasteiger partial charge is 0.322 e. The maximum Gasteiger partial charge on any atom is 0.322 e. The fraction of sp³-hybridized carbons (Fsp3) is 0.0698. The first-order valence-electron chi connectivity index (χ1n) is 18.7. The summed E-state index contributed by atoms with van der Waals surface area (Å²) in [5.74, 6) is -3.08. The van der Waals surface area contributed by atoms with Gasteiger partial charge in [-0.25, -0.2) is 26.8 Å². The standard InChI is InChI=1S/C24H19N3O7S.C19H17N3O7S/c28-21(29)14-26-24(31)22-23(30)20-11-10-18(12-15(20)13-25-22)34-17-8-6-16(7-9-17)27-35(32,33)19-4-2-1-3-5-19;1-30(27,28)22-12-2-4-13(5-3-12)29-14-6-7-15-11(8-14)9-20-17(18(15)25)19(26)21-10-16(23)24/h1-13,27,30H,14H2,(H,26,31)(H,28,29);2-9,22,25H,10H2,1H3,(H,21,26)(H,23,24). The largest absolute Gasteiger partial charge is 0.505 e. The summed E-state index contributed by atoms with van der Waals surface area (Å²) < 4.78 is 63.7. The molecule has 7 rings (SSSR count). The number of carbonyl (C=O) groups is 4. The van der Waals surface area contributed by atoms with E-state index in [1.807, 2.05) is 0 Å². The number of fused-ring (bicyclic) bond motifs is 2. The second-order valence-electron chi connectivity index (χ2n) is 13.6. The molecule has 0 aliphatic heterocycles. The lowest BCUT2D eigenvalue weighted by Crippen LogP contribution is -2.29. The van der Waals surface area contributed by atoms with Crippen molar-refractivity contribution >= 4 is 76.7 Å². The van der Waals surface area contributed by atoms with Gasteiger partial charge in [-0.15, -0.1) is 0 Å². The maximum atomic E-state index is 12.4. The quantitative estimate of drug-likeness (QED) is 0.0650. The van der Waals surface area contributed by atoms with E-state index < -0.39 is 56.9 Å². The predicted octanol–water partition coefficient (Wildman–Crippen LogP) is 5.27. The van der Waals surface area contributed by atoms with Crippen molar-refractivity contribution in [2.75, 3.05) is 28.8 Å². The Balaban J connectivity index is 0.000000218. The molecule has 0 atom stereocenters. The lowest BCUT2D eigenvalue weighted by Gasteiger charge is -2.11. The van der Waals surface area contributed by atoms with Gasteiger partial charge in [0.15, 0.2) is 22.9 Å². The van der Waals surface area contributed by atoms with E-state index in [0.717, 1.165) is 6.26 Å². The van der Waals surface area contributed by atoms with Crippen LogP contribution in [0.3, 0.4) is 0 Å². The number of carboxylic acid groups (broad SMARTS) is 2. The first-order valence-corrected chi connectivity index (χ1v) is 22.1. The number of nitrogens with one attached hydrogen (secondary N) is 4. The molecule has 2 amide bonds. The van der Waals surface area contributed by atoms with E-state index >= 15 is 0 Å². The van der Waals surface area contributed by atoms with Crippen LogP contribution in [0, 0.1) is 0 Å². The molecular formula is C43H36N6O14S2. The van der Waals surface area contributed by atoms with Gasteiger partial charge >= 0.3 is 11.9 Å². The summed E-state index contributed by atoms with van der Waals surface area (Å²) in [7, 11) is -7.08. The zero-order chi connectivity index (χ0) is 46.9. The summed E-state index contributed by atoms with van der Waals surface area (Å²) >= 11 is 0. The summed E-state index contributed by atoms with van der Waals surface area (Å²) in [5, 5.41) is 44.0.